The number of hydrogen-bond acceptors (Lipinski definition) is 4. The molecule has 0 saturated heterocycles. The third kappa shape index (κ3) is 10.8. The van der Waals surface area contributed by atoms with Gasteiger partial charge in [-0.05, 0) is 19.7 Å². The molecule has 0 heterocycles. The van der Waals surface area contributed by atoms with Gasteiger partial charge in [-0.3, -0.25) is 0 Å². The zero-order valence-corrected chi connectivity index (χ0v) is 8.05. The first-order chi connectivity index (χ1) is 1.91. The first-order valence-corrected chi connectivity index (χ1v) is 4.79. The Bertz CT molecular complexity index is 11.7. The van der Waals surface area contributed by atoms with Crippen LogP contribution in [0.1, 0.15) is 2.85 Å². The smallest absolute Gasteiger partial charge is 1.00 e. The molecular formula is H4CaS4. The largest absolute Gasteiger partial charge is 2.00 e. The summed E-state index contributed by atoms with van der Waals surface area (Å²) in [5, 5.41) is 0. The Morgan fingerprint density at radius 3 is 1.40 bits per heavy atom. The molecule has 0 amide bonds. The van der Waals surface area contributed by atoms with E-state index in [4.69, 9.17) is 0 Å². The summed E-state index contributed by atoms with van der Waals surface area (Å²) in [6, 6.07) is 0. The quantitative estimate of drug-likeness (QED) is 0.352. The molecule has 0 aromatic heterocycles. The van der Waals surface area contributed by atoms with Crippen LogP contribution in [0.2, 0.25) is 0 Å². The zero-order chi connectivity index (χ0) is 3.41. The van der Waals surface area contributed by atoms with Crippen LogP contribution in [-0.4, -0.2) is 37.7 Å². The Hall–Kier alpha value is 2.66. The van der Waals surface area contributed by atoms with Crippen molar-refractivity contribution in [1.82, 2.24) is 0 Å². The molecule has 0 aliphatic carbocycles. The Kier molecular flexibility index (Phi) is 20.8. The van der Waals surface area contributed by atoms with Gasteiger partial charge in [-0.15, -0.1) is 0 Å². The van der Waals surface area contributed by atoms with Gasteiger partial charge < -0.3 is 2.85 Å². The molecule has 0 aliphatic heterocycles. The van der Waals surface area contributed by atoms with Gasteiger partial charge in [0, 0.05) is 0 Å². The molecule has 0 unspecified atom stereocenters. The van der Waals surface area contributed by atoms with Gasteiger partial charge in [-0.25, -0.2) is 0 Å². The summed E-state index contributed by atoms with van der Waals surface area (Å²) in [7, 11) is 2.66. The standard InChI is InChI=1S/Ca.H2S4.2H/c;1-3-4-2;;/h;1-2H;;/q+2;;2*-1. The predicted octanol–water partition coefficient (Wildman–Crippen LogP) is 1.90. The second-order valence-electron chi connectivity index (χ2n) is 0.149. The molecule has 30 valence electrons. The van der Waals surface area contributed by atoms with E-state index in [0.29, 0.717) is 0 Å². The summed E-state index contributed by atoms with van der Waals surface area (Å²) >= 11 is 7.45. The van der Waals surface area contributed by atoms with Crippen molar-refractivity contribution in [2.75, 3.05) is 0 Å². The molecular weight excluding hydrogens is 168 g/mol. The molecule has 0 aliphatic rings. The molecule has 0 fully saturated rings. The van der Waals surface area contributed by atoms with E-state index in [0.717, 1.165) is 0 Å². The van der Waals surface area contributed by atoms with Crippen molar-refractivity contribution < 1.29 is 2.85 Å². The third-order valence-corrected chi connectivity index (χ3v) is 2.70. The van der Waals surface area contributed by atoms with Gasteiger partial charge in [0.25, 0.3) is 0 Å². The van der Waals surface area contributed by atoms with Crippen LogP contribution < -0.4 is 0 Å². The third-order valence-electron chi connectivity index (χ3n) is 0.0333. The van der Waals surface area contributed by atoms with E-state index < -0.39 is 0 Å². The van der Waals surface area contributed by atoms with Crippen LogP contribution in [0, 0.1) is 0 Å². The monoisotopic (exact) mass is 172 g/mol. The van der Waals surface area contributed by atoms with Gasteiger partial charge in [-0.1, -0.05) is 23.3 Å². The molecule has 5 heavy (non-hydrogen) atoms. The molecule has 0 N–H and O–H groups in total. The Morgan fingerprint density at radius 2 is 1.40 bits per heavy atom. The average Bonchev–Trinajstić information content (AvgIpc) is 1.37. The van der Waals surface area contributed by atoms with Gasteiger partial charge in [-0.2, -0.15) is 0 Å². The van der Waals surface area contributed by atoms with E-state index in [1.54, 1.807) is 0 Å². The number of rotatable bonds is 1. The van der Waals surface area contributed by atoms with Crippen molar-refractivity contribution in [1.29, 1.82) is 0 Å². The molecule has 0 bridgehead atoms. The van der Waals surface area contributed by atoms with E-state index in [1.165, 1.54) is 19.7 Å². The van der Waals surface area contributed by atoms with E-state index >= 15 is 0 Å². The Labute approximate surface area is 82.2 Å². The van der Waals surface area contributed by atoms with Gasteiger partial charge in [0.1, 0.15) is 0 Å². The van der Waals surface area contributed by atoms with Crippen molar-refractivity contribution >= 4 is 80.7 Å². The fraction of sp³-hybridized carbons (Fsp3) is 0. The number of hydrogen-bond donors (Lipinski definition) is 2. The second-order valence-corrected chi connectivity index (χ2v) is 4.02. The van der Waals surface area contributed by atoms with Crippen molar-refractivity contribution in [2.45, 2.75) is 0 Å². The topological polar surface area (TPSA) is 0 Å². The summed E-state index contributed by atoms with van der Waals surface area (Å²) in [6.07, 6.45) is 0. The van der Waals surface area contributed by atoms with Crippen LogP contribution >= 0.6 is 43.0 Å². The van der Waals surface area contributed by atoms with E-state index in [1.807, 2.05) is 0 Å². The molecule has 0 saturated carbocycles. The van der Waals surface area contributed by atoms with Crippen LogP contribution in [0.3, 0.4) is 0 Å². The summed E-state index contributed by atoms with van der Waals surface area (Å²) in [5.41, 5.74) is 0. The normalized spacial score (nSPS) is 6.00. The SMILES string of the molecule is SSSS.[Ca+2].[H-].[H-]. The minimum Gasteiger partial charge on any atom is -1.00 e. The molecule has 0 aromatic carbocycles. The van der Waals surface area contributed by atoms with Crippen LogP contribution in [0.4, 0.5) is 0 Å². The van der Waals surface area contributed by atoms with Gasteiger partial charge >= 0.3 is 37.7 Å². The van der Waals surface area contributed by atoms with E-state index in [-0.39, 0.29) is 40.6 Å². The Balaban J connectivity index is -0.0000000150. The maximum atomic E-state index is 3.72. The minimum absolute atomic E-state index is 0. The first-order valence-electron chi connectivity index (χ1n) is 0.532. The van der Waals surface area contributed by atoms with Crippen molar-refractivity contribution in [2.24, 2.45) is 0 Å². The Morgan fingerprint density at radius 1 is 1.20 bits per heavy atom. The van der Waals surface area contributed by atoms with Crippen LogP contribution in [0.25, 0.3) is 0 Å². The van der Waals surface area contributed by atoms with E-state index in [9.17, 15) is 0 Å². The molecule has 0 radical (unpaired) electrons. The maximum Gasteiger partial charge on any atom is 2.00 e. The molecule has 0 aromatic rings. The summed E-state index contributed by atoms with van der Waals surface area (Å²) in [6.45, 7) is 0. The molecule has 5 heteroatoms. The van der Waals surface area contributed by atoms with Gasteiger partial charge in [0.15, 0.2) is 0 Å². The fourth-order valence-electron chi connectivity index (χ4n) is 0. The predicted molar refractivity (Wildman–Crippen MR) is 41.1 cm³/mol. The molecule has 0 rings (SSSR count). The van der Waals surface area contributed by atoms with Gasteiger partial charge in [0.2, 0.25) is 0 Å². The zero-order valence-electron chi connectivity index (χ0n) is 4.42. The first kappa shape index (κ1) is 10.6. The van der Waals surface area contributed by atoms with Crippen molar-refractivity contribution in [3.05, 3.63) is 0 Å². The summed E-state index contributed by atoms with van der Waals surface area (Å²) in [4.78, 5) is 0. The van der Waals surface area contributed by atoms with Crippen LogP contribution in [0.15, 0.2) is 0 Å². The van der Waals surface area contributed by atoms with E-state index in [2.05, 4.69) is 23.3 Å². The van der Waals surface area contributed by atoms with Gasteiger partial charge in [0.05, 0.1) is 0 Å². The number of thiol groups is 2. The fourth-order valence-corrected chi connectivity index (χ4v) is 0. The molecule has 0 spiro atoms. The summed E-state index contributed by atoms with van der Waals surface area (Å²) in [5.74, 6) is 0. The molecule has 0 atom stereocenters. The average molecular weight is 172 g/mol. The molecule has 0 nitrogen and oxygen atoms in total. The van der Waals surface area contributed by atoms with Crippen molar-refractivity contribution in [3.8, 4) is 0 Å². The van der Waals surface area contributed by atoms with Crippen LogP contribution in [0.5, 0.6) is 0 Å². The maximum absolute atomic E-state index is 3.72. The summed E-state index contributed by atoms with van der Waals surface area (Å²) < 4.78 is 0. The second kappa shape index (κ2) is 9.82. The van der Waals surface area contributed by atoms with Crippen molar-refractivity contribution in [3.63, 3.8) is 0 Å². The van der Waals surface area contributed by atoms with Crippen LogP contribution in [-0.2, 0) is 0 Å². The minimum atomic E-state index is 0.